The van der Waals surface area contributed by atoms with Crippen molar-refractivity contribution in [3.8, 4) is 0 Å². The van der Waals surface area contributed by atoms with Gasteiger partial charge in [0.2, 0.25) is 0 Å². The van der Waals surface area contributed by atoms with E-state index < -0.39 is 0 Å². The molecule has 1 aromatic heterocycles. The van der Waals surface area contributed by atoms with Gasteiger partial charge in [-0.1, -0.05) is 19.1 Å². The predicted octanol–water partition coefficient (Wildman–Crippen LogP) is 3.05. The minimum absolute atomic E-state index is 0.109. The van der Waals surface area contributed by atoms with Crippen molar-refractivity contribution in [2.75, 3.05) is 0 Å². The highest BCUT2D eigenvalue weighted by molar-refractivity contribution is 6.05. The Morgan fingerprint density at radius 1 is 1.33 bits per heavy atom. The van der Waals surface area contributed by atoms with Gasteiger partial charge < -0.3 is 9.15 Å². The molecule has 3 heteroatoms. The summed E-state index contributed by atoms with van der Waals surface area (Å²) >= 11 is 0. The van der Waals surface area contributed by atoms with E-state index in [0.717, 1.165) is 17.4 Å². The van der Waals surface area contributed by atoms with Crippen LogP contribution in [0.3, 0.4) is 0 Å². The summed E-state index contributed by atoms with van der Waals surface area (Å²) in [5.74, 6) is -0.266. The molecule has 15 heavy (non-hydrogen) atoms. The van der Waals surface area contributed by atoms with Crippen LogP contribution >= 0.6 is 0 Å². The number of cyclic esters (lactones) is 1. The van der Waals surface area contributed by atoms with E-state index in [0.29, 0.717) is 11.1 Å². The molecule has 3 nitrogen and oxygen atoms in total. The Labute approximate surface area is 86.6 Å². The molecule has 1 aliphatic rings. The Kier molecular flexibility index (Phi) is 1.63. The van der Waals surface area contributed by atoms with E-state index in [9.17, 15) is 4.79 Å². The number of furan rings is 1. The first-order chi connectivity index (χ1) is 7.31. The molecule has 0 saturated heterocycles. The number of hydrogen-bond donors (Lipinski definition) is 0. The van der Waals surface area contributed by atoms with Gasteiger partial charge in [0.25, 0.3) is 0 Å². The maximum atomic E-state index is 11.7. The molecule has 0 unspecified atom stereocenters. The van der Waals surface area contributed by atoms with Crippen LogP contribution in [0.1, 0.15) is 35.4 Å². The van der Waals surface area contributed by atoms with Crippen LogP contribution < -0.4 is 0 Å². The minimum atomic E-state index is -0.266. The molecule has 1 aromatic carbocycles. The van der Waals surface area contributed by atoms with Crippen molar-refractivity contribution in [3.63, 3.8) is 0 Å². The first kappa shape index (κ1) is 8.53. The molecule has 0 bridgehead atoms. The van der Waals surface area contributed by atoms with Gasteiger partial charge in [-0.15, -0.1) is 0 Å². The topological polar surface area (TPSA) is 39.4 Å². The molecular weight excluding hydrogens is 192 g/mol. The summed E-state index contributed by atoms with van der Waals surface area (Å²) in [6.07, 6.45) is 2.28. The fourth-order valence-electron chi connectivity index (χ4n) is 2.08. The molecule has 1 atom stereocenters. The predicted molar refractivity (Wildman–Crippen MR) is 54.7 cm³/mol. The van der Waals surface area contributed by atoms with Crippen LogP contribution in [0, 0.1) is 0 Å². The molecule has 76 valence electrons. The number of carbonyl (C=O) groups excluding carboxylic acids is 1. The number of esters is 1. The van der Waals surface area contributed by atoms with Gasteiger partial charge in [0.15, 0.2) is 0 Å². The number of carbonyl (C=O) groups is 1. The van der Waals surface area contributed by atoms with Crippen LogP contribution in [-0.2, 0) is 4.74 Å². The standard InChI is InChI=1S/C12H10O3/c1-2-9-8-4-3-7-5-6-14-11(7)10(8)12(13)15-9/h3-6,9H,2H2,1H3/t9-/m0/s1. The third-order valence-electron chi connectivity index (χ3n) is 2.82. The fraction of sp³-hybridized carbons (Fsp3) is 0.250. The summed E-state index contributed by atoms with van der Waals surface area (Å²) in [5, 5.41) is 0.947. The molecular formula is C12H10O3. The van der Waals surface area contributed by atoms with E-state index in [2.05, 4.69) is 0 Å². The Balaban J connectivity index is 2.34. The molecule has 1 aliphatic heterocycles. The molecule has 0 fully saturated rings. The lowest BCUT2D eigenvalue weighted by Crippen LogP contribution is -1.96. The van der Waals surface area contributed by atoms with Crippen molar-refractivity contribution < 1.29 is 13.9 Å². The van der Waals surface area contributed by atoms with Gasteiger partial charge >= 0.3 is 5.97 Å². The quantitative estimate of drug-likeness (QED) is 0.667. The highest BCUT2D eigenvalue weighted by atomic mass is 16.5. The van der Waals surface area contributed by atoms with E-state index >= 15 is 0 Å². The average molecular weight is 202 g/mol. The van der Waals surface area contributed by atoms with Crippen LogP contribution in [0.15, 0.2) is 28.9 Å². The largest absolute Gasteiger partial charge is 0.463 e. The van der Waals surface area contributed by atoms with Crippen molar-refractivity contribution >= 4 is 16.9 Å². The maximum Gasteiger partial charge on any atom is 0.343 e. The minimum Gasteiger partial charge on any atom is -0.463 e. The molecule has 2 heterocycles. The van der Waals surface area contributed by atoms with Crippen LogP contribution in [0.2, 0.25) is 0 Å². The van der Waals surface area contributed by atoms with Gasteiger partial charge in [0.05, 0.1) is 6.26 Å². The van der Waals surface area contributed by atoms with E-state index in [1.165, 1.54) is 0 Å². The third kappa shape index (κ3) is 1.03. The number of benzene rings is 1. The highest BCUT2D eigenvalue weighted by Crippen LogP contribution is 2.37. The Morgan fingerprint density at radius 2 is 2.20 bits per heavy atom. The van der Waals surface area contributed by atoms with Gasteiger partial charge in [-0.05, 0) is 12.5 Å². The first-order valence-corrected chi connectivity index (χ1v) is 5.02. The second kappa shape index (κ2) is 2.86. The van der Waals surface area contributed by atoms with Crippen LogP contribution in [0.5, 0.6) is 0 Å². The Bertz CT molecular complexity index is 539. The van der Waals surface area contributed by atoms with E-state index in [1.54, 1.807) is 6.26 Å². The summed E-state index contributed by atoms with van der Waals surface area (Å²) in [6.45, 7) is 2.00. The second-order valence-corrected chi connectivity index (χ2v) is 3.67. The molecule has 2 aromatic rings. The summed E-state index contributed by atoms with van der Waals surface area (Å²) in [4.78, 5) is 11.7. The van der Waals surface area contributed by atoms with Crippen molar-refractivity contribution in [2.45, 2.75) is 19.4 Å². The van der Waals surface area contributed by atoms with Crippen LogP contribution in [-0.4, -0.2) is 5.97 Å². The highest BCUT2D eigenvalue weighted by Gasteiger charge is 2.32. The van der Waals surface area contributed by atoms with Gasteiger partial charge in [0.1, 0.15) is 17.3 Å². The molecule has 3 rings (SSSR count). The van der Waals surface area contributed by atoms with Gasteiger partial charge in [0, 0.05) is 10.9 Å². The Morgan fingerprint density at radius 3 is 3.00 bits per heavy atom. The molecule has 0 aliphatic carbocycles. The summed E-state index contributed by atoms with van der Waals surface area (Å²) in [5.41, 5.74) is 2.20. The molecule has 0 radical (unpaired) electrons. The SMILES string of the molecule is CC[C@@H]1OC(=O)c2c1ccc1ccoc21. The Hall–Kier alpha value is -1.77. The van der Waals surface area contributed by atoms with Gasteiger partial charge in [-0.2, -0.15) is 0 Å². The fourth-order valence-corrected chi connectivity index (χ4v) is 2.08. The van der Waals surface area contributed by atoms with Gasteiger partial charge in [-0.3, -0.25) is 0 Å². The number of ether oxygens (including phenoxy) is 1. The normalized spacial score (nSPS) is 19.3. The second-order valence-electron chi connectivity index (χ2n) is 3.67. The molecule has 0 N–H and O–H groups in total. The summed E-state index contributed by atoms with van der Waals surface area (Å²) in [6, 6.07) is 5.76. The maximum absolute atomic E-state index is 11.7. The molecule has 0 saturated carbocycles. The van der Waals surface area contributed by atoms with E-state index in [-0.39, 0.29) is 12.1 Å². The molecule has 0 spiro atoms. The summed E-state index contributed by atoms with van der Waals surface area (Å²) in [7, 11) is 0. The summed E-state index contributed by atoms with van der Waals surface area (Å²) < 4.78 is 10.6. The van der Waals surface area contributed by atoms with E-state index in [1.807, 2.05) is 25.1 Å². The zero-order valence-corrected chi connectivity index (χ0v) is 8.32. The van der Waals surface area contributed by atoms with E-state index in [4.69, 9.17) is 9.15 Å². The van der Waals surface area contributed by atoms with Crippen LogP contribution in [0.25, 0.3) is 11.0 Å². The average Bonchev–Trinajstić information content (AvgIpc) is 2.81. The lowest BCUT2D eigenvalue weighted by atomic mass is 10.0. The van der Waals surface area contributed by atoms with Gasteiger partial charge in [-0.25, -0.2) is 4.79 Å². The van der Waals surface area contributed by atoms with Crippen molar-refractivity contribution in [2.24, 2.45) is 0 Å². The number of fused-ring (bicyclic) bond motifs is 3. The van der Waals surface area contributed by atoms with Crippen molar-refractivity contribution in [1.82, 2.24) is 0 Å². The van der Waals surface area contributed by atoms with Crippen LogP contribution in [0.4, 0.5) is 0 Å². The third-order valence-corrected chi connectivity index (χ3v) is 2.82. The number of rotatable bonds is 1. The number of hydrogen-bond acceptors (Lipinski definition) is 3. The zero-order valence-electron chi connectivity index (χ0n) is 8.32. The molecule has 0 amide bonds. The van der Waals surface area contributed by atoms with Crippen molar-refractivity contribution in [3.05, 3.63) is 35.6 Å². The van der Waals surface area contributed by atoms with Crippen molar-refractivity contribution in [1.29, 1.82) is 0 Å². The zero-order chi connectivity index (χ0) is 10.4. The smallest absolute Gasteiger partial charge is 0.343 e. The lowest BCUT2D eigenvalue weighted by molar-refractivity contribution is 0.0379. The lowest BCUT2D eigenvalue weighted by Gasteiger charge is -2.05. The first-order valence-electron chi connectivity index (χ1n) is 5.02. The monoisotopic (exact) mass is 202 g/mol.